The van der Waals surface area contributed by atoms with E-state index in [0.29, 0.717) is 32.3 Å². The van der Waals surface area contributed by atoms with Gasteiger partial charge < -0.3 is 9.47 Å². The Morgan fingerprint density at radius 1 is 0.667 bits per heavy atom. The molecule has 4 heteroatoms. The summed E-state index contributed by atoms with van der Waals surface area (Å²) in [6, 6.07) is 20.5. The lowest BCUT2D eigenvalue weighted by atomic mass is 10.2. The number of hydrogen-bond donors (Lipinski definition) is 0. The van der Waals surface area contributed by atoms with Gasteiger partial charge >= 0.3 is 0 Å². The summed E-state index contributed by atoms with van der Waals surface area (Å²) in [6.45, 7) is 5.29. The lowest BCUT2D eigenvalue weighted by Crippen LogP contribution is -2.32. The van der Waals surface area contributed by atoms with Crippen molar-refractivity contribution >= 4 is 11.6 Å². The Morgan fingerprint density at radius 2 is 1.12 bits per heavy atom. The summed E-state index contributed by atoms with van der Waals surface area (Å²) in [5, 5.41) is 0. The number of ether oxygens (including phenoxy) is 2. The van der Waals surface area contributed by atoms with Crippen molar-refractivity contribution in [1.82, 2.24) is 4.90 Å². The summed E-state index contributed by atoms with van der Waals surface area (Å²) in [4.78, 5) is 2.28. The highest BCUT2D eigenvalue weighted by molar-refractivity contribution is 6.18. The van der Waals surface area contributed by atoms with E-state index in [1.807, 2.05) is 36.4 Å². The molecule has 0 aliphatic heterocycles. The first kappa shape index (κ1) is 18.9. The maximum atomic E-state index is 5.89. The molecule has 2 aromatic carbocycles. The van der Waals surface area contributed by atoms with Crippen LogP contribution in [-0.4, -0.2) is 43.6 Å². The Kier molecular flexibility index (Phi) is 9.50. The van der Waals surface area contributed by atoms with Crippen LogP contribution in [-0.2, 0) is 22.7 Å². The van der Waals surface area contributed by atoms with Crippen LogP contribution in [0.1, 0.15) is 11.1 Å². The molecule has 0 spiro atoms. The minimum Gasteiger partial charge on any atom is -0.375 e. The number of rotatable bonds is 12. The summed E-state index contributed by atoms with van der Waals surface area (Å²) < 4.78 is 11.5. The number of alkyl halides is 1. The van der Waals surface area contributed by atoms with Crippen LogP contribution >= 0.6 is 11.6 Å². The van der Waals surface area contributed by atoms with Gasteiger partial charge in [-0.25, -0.2) is 0 Å². The van der Waals surface area contributed by atoms with E-state index in [2.05, 4.69) is 29.2 Å². The van der Waals surface area contributed by atoms with E-state index in [4.69, 9.17) is 21.1 Å². The van der Waals surface area contributed by atoms with E-state index in [1.165, 1.54) is 11.1 Å². The second-order valence-corrected chi connectivity index (χ2v) is 5.98. The second kappa shape index (κ2) is 12.0. The van der Waals surface area contributed by atoms with Crippen molar-refractivity contribution < 1.29 is 9.47 Å². The highest BCUT2D eigenvalue weighted by atomic mass is 35.5. The number of hydrogen-bond acceptors (Lipinski definition) is 3. The van der Waals surface area contributed by atoms with Gasteiger partial charge in [0.15, 0.2) is 0 Å². The number of benzene rings is 2. The van der Waals surface area contributed by atoms with Crippen LogP contribution in [0, 0.1) is 0 Å². The maximum Gasteiger partial charge on any atom is 0.0717 e. The minimum absolute atomic E-state index is 0.622. The van der Waals surface area contributed by atoms with Gasteiger partial charge in [0.05, 0.1) is 26.4 Å². The molecule has 24 heavy (non-hydrogen) atoms. The minimum atomic E-state index is 0.622. The Balaban J connectivity index is 1.58. The normalized spacial score (nSPS) is 11.1. The summed E-state index contributed by atoms with van der Waals surface area (Å²) in [5.74, 6) is 0.622. The van der Waals surface area contributed by atoms with E-state index in [1.54, 1.807) is 0 Å². The quantitative estimate of drug-likeness (QED) is 0.428. The molecule has 2 rings (SSSR count). The number of nitrogens with zero attached hydrogens (tertiary/aromatic N) is 1. The maximum absolute atomic E-state index is 5.89. The molecule has 3 nitrogen and oxygen atoms in total. The van der Waals surface area contributed by atoms with Crippen molar-refractivity contribution in [3.05, 3.63) is 71.8 Å². The van der Waals surface area contributed by atoms with E-state index in [9.17, 15) is 0 Å². The molecule has 0 heterocycles. The van der Waals surface area contributed by atoms with Gasteiger partial charge in [-0.15, -0.1) is 11.6 Å². The predicted molar refractivity (Wildman–Crippen MR) is 99.4 cm³/mol. The molecule has 0 bridgehead atoms. The highest BCUT2D eigenvalue weighted by Gasteiger charge is 2.04. The van der Waals surface area contributed by atoms with E-state index >= 15 is 0 Å². The summed E-state index contributed by atoms with van der Waals surface area (Å²) in [7, 11) is 0. The van der Waals surface area contributed by atoms with Crippen LogP contribution in [0.5, 0.6) is 0 Å². The van der Waals surface area contributed by atoms with E-state index in [0.717, 1.165) is 19.6 Å². The fourth-order valence-electron chi connectivity index (χ4n) is 2.37. The van der Waals surface area contributed by atoms with E-state index in [-0.39, 0.29) is 0 Å². The van der Waals surface area contributed by atoms with Crippen LogP contribution in [0.2, 0.25) is 0 Å². The van der Waals surface area contributed by atoms with Crippen LogP contribution in [0.15, 0.2) is 60.7 Å². The predicted octanol–water partition coefficient (Wildman–Crippen LogP) is 3.96. The molecule has 0 unspecified atom stereocenters. The smallest absolute Gasteiger partial charge is 0.0717 e. The van der Waals surface area contributed by atoms with Crippen molar-refractivity contribution in [3.8, 4) is 0 Å². The fourth-order valence-corrected chi connectivity index (χ4v) is 2.61. The van der Waals surface area contributed by atoms with Gasteiger partial charge in [0.2, 0.25) is 0 Å². The van der Waals surface area contributed by atoms with Crippen molar-refractivity contribution in [1.29, 1.82) is 0 Å². The standard InChI is InChI=1S/C20H26ClNO2/c21-11-12-22(13-15-23-17-19-7-3-1-4-8-19)14-16-24-18-20-9-5-2-6-10-20/h1-10H,11-18H2. The molecule has 0 fully saturated rings. The monoisotopic (exact) mass is 347 g/mol. The van der Waals surface area contributed by atoms with Gasteiger partial charge in [-0.3, -0.25) is 4.90 Å². The summed E-state index contributed by atoms with van der Waals surface area (Å²) >= 11 is 5.89. The second-order valence-electron chi connectivity index (χ2n) is 5.61. The average molecular weight is 348 g/mol. The van der Waals surface area contributed by atoms with Gasteiger partial charge in [-0.05, 0) is 11.1 Å². The van der Waals surface area contributed by atoms with Crippen LogP contribution in [0.25, 0.3) is 0 Å². The third-order valence-electron chi connectivity index (χ3n) is 3.73. The van der Waals surface area contributed by atoms with Crippen molar-refractivity contribution in [2.75, 3.05) is 38.7 Å². The molecule has 130 valence electrons. The highest BCUT2D eigenvalue weighted by Crippen LogP contribution is 2.02. The molecule has 0 saturated heterocycles. The third kappa shape index (κ3) is 7.93. The summed E-state index contributed by atoms with van der Waals surface area (Å²) in [5.41, 5.74) is 2.40. The molecule has 0 radical (unpaired) electrons. The summed E-state index contributed by atoms with van der Waals surface area (Å²) in [6.07, 6.45) is 0. The van der Waals surface area contributed by atoms with Crippen molar-refractivity contribution in [3.63, 3.8) is 0 Å². The largest absolute Gasteiger partial charge is 0.375 e. The molecule has 0 amide bonds. The molecule has 0 aliphatic carbocycles. The number of halogens is 1. The Bertz CT molecular complexity index is 488. The van der Waals surface area contributed by atoms with Crippen molar-refractivity contribution in [2.45, 2.75) is 13.2 Å². The van der Waals surface area contributed by atoms with Gasteiger partial charge in [0, 0.05) is 25.5 Å². The van der Waals surface area contributed by atoms with Gasteiger partial charge in [-0.2, -0.15) is 0 Å². The topological polar surface area (TPSA) is 21.7 Å². The SMILES string of the molecule is ClCCN(CCOCc1ccccc1)CCOCc1ccccc1. The van der Waals surface area contributed by atoms with Crippen LogP contribution < -0.4 is 0 Å². The average Bonchev–Trinajstić information content (AvgIpc) is 2.64. The Hall–Kier alpha value is -1.39. The molecular weight excluding hydrogens is 322 g/mol. The van der Waals surface area contributed by atoms with Gasteiger partial charge in [0.1, 0.15) is 0 Å². The molecule has 2 aromatic rings. The molecule has 0 aromatic heterocycles. The first-order valence-electron chi connectivity index (χ1n) is 8.40. The lowest BCUT2D eigenvalue weighted by molar-refractivity contribution is 0.0663. The zero-order valence-corrected chi connectivity index (χ0v) is 14.8. The van der Waals surface area contributed by atoms with Gasteiger partial charge in [0.25, 0.3) is 0 Å². The molecule has 0 N–H and O–H groups in total. The molecular formula is C20H26ClNO2. The van der Waals surface area contributed by atoms with Crippen LogP contribution in [0.3, 0.4) is 0 Å². The molecule has 0 atom stereocenters. The Labute approximate surface area is 150 Å². The first-order valence-corrected chi connectivity index (χ1v) is 8.93. The first-order chi connectivity index (χ1) is 11.9. The zero-order valence-electron chi connectivity index (χ0n) is 14.1. The zero-order chi connectivity index (χ0) is 16.9. The lowest BCUT2D eigenvalue weighted by Gasteiger charge is -2.21. The Morgan fingerprint density at radius 3 is 1.54 bits per heavy atom. The van der Waals surface area contributed by atoms with Crippen molar-refractivity contribution in [2.24, 2.45) is 0 Å². The van der Waals surface area contributed by atoms with E-state index < -0.39 is 0 Å². The molecule has 0 saturated carbocycles. The molecule has 0 aliphatic rings. The fraction of sp³-hybridized carbons (Fsp3) is 0.400. The van der Waals surface area contributed by atoms with Gasteiger partial charge in [-0.1, -0.05) is 60.7 Å². The van der Waals surface area contributed by atoms with Crippen LogP contribution in [0.4, 0.5) is 0 Å². The third-order valence-corrected chi connectivity index (χ3v) is 3.90.